The molecule has 0 spiro atoms. The highest BCUT2D eigenvalue weighted by atomic mass is 16.5. The Balaban J connectivity index is 2.23. The minimum Gasteiger partial charge on any atom is -0.501 e. The van der Waals surface area contributed by atoms with Crippen LogP contribution in [-0.4, -0.2) is 18.8 Å². The van der Waals surface area contributed by atoms with Gasteiger partial charge in [0, 0.05) is 7.11 Å². The van der Waals surface area contributed by atoms with Crippen molar-refractivity contribution < 1.29 is 14.6 Å². The molecule has 3 nitrogen and oxygen atoms in total. The second kappa shape index (κ2) is 5.84. The van der Waals surface area contributed by atoms with Crippen LogP contribution in [0.4, 0.5) is 0 Å². The molecule has 92 valence electrons. The van der Waals surface area contributed by atoms with E-state index in [0.717, 1.165) is 36.1 Å². The van der Waals surface area contributed by atoms with Crippen molar-refractivity contribution in [2.75, 3.05) is 13.7 Å². The van der Waals surface area contributed by atoms with E-state index in [0.29, 0.717) is 6.61 Å². The van der Waals surface area contributed by atoms with Crippen LogP contribution < -0.4 is 0 Å². The van der Waals surface area contributed by atoms with Crippen LogP contribution in [0.5, 0.6) is 0 Å². The largest absolute Gasteiger partial charge is 0.501 e. The van der Waals surface area contributed by atoms with Gasteiger partial charge in [0.15, 0.2) is 0 Å². The van der Waals surface area contributed by atoms with Crippen molar-refractivity contribution in [2.45, 2.75) is 25.6 Å². The zero-order valence-corrected chi connectivity index (χ0v) is 10.1. The van der Waals surface area contributed by atoms with Crippen molar-refractivity contribution in [1.29, 1.82) is 0 Å². The first kappa shape index (κ1) is 12.1. The Hall–Kier alpha value is -1.32. The molecule has 1 atom stereocenters. The maximum atomic E-state index is 10.3. The summed E-state index contributed by atoms with van der Waals surface area (Å²) in [6.07, 6.45) is 2.97. The second-order valence-electron chi connectivity index (χ2n) is 4.20. The van der Waals surface area contributed by atoms with Gasteiger partial charge in [-0.15, -0.1) is 0 Å². The van der Waals surface area contributed by atoms with E-state index in [1.165, 1.54) is 0 Å². The lowest BCUT2D eigenvalue weighted by Crippen LogP contribution is -2.10. The smallest absolute Gasteiger partial charge is 0.104 e. The molecule has 0 aliphatic carbocycles. The van der Waals surface area contributed by atoms with Gasteiger partial charge in [0.1, 0.15) is 6.10 Å². The number of methoxy groups -OCH3 is 1. The van der Waals surface area contributed by atoms with Gasteiger partial charge in [-0.05, 0) is 29.5 Å². The minimum atomic E-state index is -0.582. The maximum Gasteiger partial charge on any atom is 0.104 e. The van der Waals surface area contributed by atoms with Crippen LogP contribution in [0.15, 0.2) is 36.1 Å². The summed E-state index contributed by atoms with van der Waals surface area (Å²) >= 11 is 0. The lowest BCUT2D eigenvalue weighted by Gasteiger charge is -2.21. The van der Waals surface area contributed by atoms with Crippen LogP contribution in [0.2, 0.25) is 0 Å². The summed E-state index contributed by atoms with van der Waals surface area (Å²) < 4.78 is 10.4. The fourth-order valence-corrected chi connectivity index (χ4v) is 2.07. The fraction of sp³-hybridized carbons (Fsp3) is 0.429. The Kier molecular flexibility index (Phi) is 4.18. The van der Waals surface area contributed by atoms with Crippen molar-refractivity contribution in [3.05, 3.63) is 47.2 Å². The molecule has 0 radical (unpaired) electrons. The standard InChI is InChI=1S/C14H18O3/c1-16-9-11-5-2-3-7-13(11)14(15)12-6-4-8-17-10-12/h2-3,5,7,10,14-15H,4,6,8-9H2,1H3. The topological polar surface area (TPSA) is 38.7 Å². The van der Waals surface area contributed by atoms with Gasteiger partial charge in [0.05, 0.1) is 19.5 Å². The van der Waals surface area contributed by atoms with Gasteiger partial charge >= 0.3 is 0 Å². The molecule has 0 aromatic heterocycles. The molecule has 3 heteroatoms. The molecule has 1 heterocycles. The fourth-order valence-electron chi connectivity index (χ4n) is 2.07. The number of hydrogen-bond acceptors (Lipinski definition) is 3. The highest BCUT2D eigenvalue weighted by Crippen LogP contribution is 2.29. The third-order valence-corrected chi connectivity index (χ3v) is 2.96. The number of aliphatic hydroxyl groups is 1. The first-order valence-electron chi connectivity index (χ1n) is 5.88. The summed E-state index contributed by atoms with van der Waals surface area (Å²) in [7, 11) is 1.66. The molecule has 1 unspecified atom stereocenters. The Morgan fingerprint density at radius 2 is 2.24 bits per heavy atom. The molecule has 1 aromatic carbocycles. The molecule has 17 heavy (non-hydrogen) atoms. The number of benzene rings is 1. The van der Waals surface area contributed by atoms with Gasteiger partial charge < -0.3 is 14.6 Å². The molecule has 0 saturated carbocycles. The van der Waals surface area contributed by atoms with E-state index in [9.17, 15) is 5.11 Å². The minimum absolute atomic E-state index is 0.515. The number of rotatable bonds is 4. The summed E-state index contributed by atoms with van der Waals surface area (Å²) in [6, 6.07) is 7.80. The van der Waals surface area contributed by atoms with Crippen molar-refractivity contribution in [1.82, 2.24) is 0 Å². The molecule has 1 N–H and O–H groups in total. The molecule has 1 aliphatic rings. The number of ether oxygens (including phenoxy) is 2. The van der Waals surface area contributed by atoms with Crippen LogP contribution >= 0.6 is 0 Å². The number of hydrogen-bond donors (Lipinski definition) is 1. The van der Waals surface area contributed by atoms with Crippen molar-refractivity contribution in [2.24, 2.45) is 0 Å². The predicted octanol–water partition coefficient (Wildman–Crippen LogP) is 2.56. The summed E-state index contributed by atoms with van der Waals surface area (Å²) in [4.78, 5) is 0. The van der Waals surface area contributed by atoms with E-state index in [4.69, 9.17) is 9.47 Å². The monoisotopic (exact) mass is 234 g/mol. The Labute approximate surface area is 102 Å². The van der Waals surface area contributed by atoms with Crippen LogP contribution in [-0.2, 0) is 16.1 Å². The zero-order valence-electron chi connectivity index (χ0n) is 10.1. The molecular weight excluding hydrogens is 216 g/mol. The molecule has 0 saturated heterocycles. The van der Waals surface area contributed by atoms with Gasteiger partial charge in [-0.1, -0.05) is 24.3 Å². The summed E-state index contributed by atoms with van der Waals surface area (Å²) in [5.41, 5.74) is 2.87. The van der Waals surface area contributed by atoms with Crippen LogP contribution in [0, 0.1) is 0 Å². The first-order valence-corrected chi connectivity index (χ1v) is 5.88. The van der Waals surface area contributed by atoms with E-state index in [-0.39, 0.29) is 0 Å². The summed E-state index contributed by atoms with van der Waals surface area (Å²) in [5, 5.41) is 10.3. The maximum absolute atomic E-state index is 10.3. The van der Waals surface area contributed by atoms with E-state index in [2.05, 4.69) is 0 Å². The number of aliphatic hydroxyl groups excluding tert-OH is 1. The molecule has 2 rings (SSSR count). The Bertz CT molecular complexity index is 398. The van der Waals surface area contributed by atoms with E-state index in [1.54, 1.807) is 13.4 Å². The van der Waals surface area contributed by atoms with Gasteiger partial charge in [-0.2, -0.15) is 0 Å². The van der Waals surface area contributed by atoms with Gasteiger partial charge in [0.25, 0.3) is 0 Å². The molecule has 0 bridgehead atoms. The molecular formula is C14H18O3. The quantitative estimate of drug-likeness (QED) is 0.870. The Morgan fingerprint density at radius 3 is 2.94 bits per heavy atom. The molecule has 0 amide bonds. The lowest BCUT2D eigenvalue weighted by molar-refractivity contribution is 0.160. The van der Waals surface area contributed by atoms with Crippen molar-refractivity contribution >= 4 is 0 Å². The predicted molar refractivity (Wildman–Crippen MR) is 65.4 cm³/mol. The average Bonchev–Trinajstić information content (AvgIpc) is 2.40. The van der Waals surface area contributed by atoms with Gasteiger partial charge in [-0.3, -0.25) is 0 Å². The third kappa shape index (κ3) is 2.87. The van der Waals surface area contributed by atoms with Gasteiger partial charge in [-0.25, -0.2) is 0 Å². The second-order valence-corrected chi connectivity index (χ2v) is 4.20. The highest BCUT2D eigenvalue weighted by Gasteiger charge is 2.18. The molecule has 1 aliphatic heterocycles. The normalized spacial score (nSPS) is 17.2. The Morgan fingerprint density at radius 1 is 1.41 bits per heavy atom. The summed E-state index contributed by atoms with van der Waals surface area (Å²) in [6.45, 7) is 1.26. The third-order valence-electron chi connectivity index (χ3n) is 2.96. The van der Waals surface area contributed by atoms with Crippen molar-refractivity contribution in [3.63, 3.8) is 0 Å². The summed E-state index contributed by atoms with van der Waals surface area (Å²) in [5.74, 6) is 0. The van der Waals surface area contributed by atoms with E-state index < -0.39 is 6.10 Å². The SMILES string of the molecule is COCc1ccccc1C(O)C1=COCCC1. The van der Waals surface area contributed by atoms with E-state index >= 15 is 0 Å². The van der Waals surface area contributed by atoms with Gasteiger partial charge in [0.2, 0.25) is 0 Å². The zero-order chi connectivity index (χ0) is 12.1. The highest BCUT2D eigenvalue weighted by molar-refractivity contribution is 5.33. The van der Waals surface area contributed by atoms with Crippen LogP contribution in [0.25, 0.3) is 0 Å². The van der Waals surface area contributed by atoms with Crippen LogP contribution in [0.1, 0.15) is 30.1 Å². The average molecular weight is 234 g/mol. The van der Waals surface area contributed by atoms with Crippen molar-refractivity contribution in [3.8, 4) is 0 Å². The van der Waals surface area contributed by atoms with Crippen LogP contribution in [0.3, 0.4) is 0 Å². The first-order chi connectivity index (χ1) is 8.33. The van der Waals surface area contributed by atoms with E-state index in [1.807, 2.05) is 24.3 Å². The molecule has 1 aromatic rings. The lowest BCUT2D eigenvalue weighted by atomic mass is 9.94. The molecule has 0 fully saturated rings.